The number of methoxy groups -OCH3 is 1. The normalized spacial score (nSPS) is 10.9. The van der Waals surface area contributed by atoms with Crippen LogP contribution in [-0.2, 0) is 9.53 Å². The first kappa shape index (κ1) is 20.1. The third-order valence-corrected chi connectivity index (χ3v) is 4.54. The molecule has 0 bridgehead atoms. The Morgan fingerprint density at radius 1 is 1.16 bits per heavy atom. The molecule has 4 rings (SSSR count). The summed E-state index contributed by atoms with van der Waals surface area (Å²) in [4.78, 5) is 26.2. The van der Waals surface area contributed by atoms with Crippen molar-refractivity contribution in [1.82, 2.24) is 4.98 Å². The minimum atomic E-state index is -1.14. The Bertz CT molecular complexity index is 1270. The van der Waals surface area contributed by atoms with E-state index in [0.29, 0.717) is 33.6 Å². The van der Waals surface area contributed by atoms with E-state index in [0.717, 1.165) is 5.39 Å². The molecule has 0 aliphatic rings. The first-order valence-electron chi connectivity index (χ1n) is 9.42. The van der Waals surface area contributed by atoms with Gasteiger partial charge in [0, 0.05) is 17.0 Å². The summed E-state index contributed by atoms with van der Waals surface area (Å²) >= 11 is 0. The zero-order chi connectivity index (χ0) is 22.0. The SMILES string of the molecule is CCOC(=O)Oc1[nH]c2c(oc3ccccc32)c1-c1ccc(OC)cc1OCC(=O)O. The van der Waals surface area contributed by atoms with Crippen LogP contribution in [0.25, 0.3) is 33.2 Å². The van der Waals surface area contributed by atoms with Crippen LogP contribution >= 0.6 is 0 Å². The molecule has 2 heterocycles. The van der Waals surface area contributed by atoms with E-state index in [1.807, 2.05) is 24.3 Å². The van der Waals surface area contributed by atoms with Crippen molar-refractivity contribution < 1.29 is 38.1 Å². The third kappa shape index (κ3) is 3.85. The fourth-order valence-electron chi connectivity index (χ4n) is 3.27. The quantitative estimate of drug-likeness (QED) is 0.413. The lowest BCUT2D eigenvalue weighted by Crippen LogP contribution is -2.11. The van der Waals surface area contributed by atoms with Crippen molar-refractivity contribution in [2.24, 2.45) is 0 Å². The lowest BCUT2D eigenvalue weighted by Gasteiger charge is -2.12. The number of nitrogens with one attached hydrogen (secondary N) is 1. The number of benzene rings is 2. The van der Waals surface area contributed by atoms with Gasteiger partial charge in [-0.3, -0.25) is 0 Å². The highest BCUT2D eigenvalue weighted by molar-refractivity contribution is 6.10. The van der Waals surface area contributed by atoms with Gasteiger partial charge in [0.1, 0.15) is 17.1 Å². The molecule has 0 aliphatic heterocycles. The van der Waals surface area contributed by atoms with Gasteiger partial charge >= 0.3 is 12.1 Å². The number of furan rings is 1. The number of hydrogen-bond acceptors (Lipinski definition) is 7. The molecule has 0 unspecified atom stereocenters. The van der Waals surface area contributed by atoms with Crippen LogP contribution in [0.1, 0.15) is 6.92 Å². The number of carbonyl (C=O) groups is 2. The van der Waals surface area contributed by atoms with E-state index in [1.54, 1.807) is 25.1 Å². The van der Waals surface area contributed by atoms with Gasteiger partial charge in [-0.05, 0) is 31.2 Å². The second kappa shape index (κ2) is 8.31. The van der Waals surface area contributed by atoms with Crippen molar-refractivity contribution in [3.63, 3.8) is 0 Å². The number of fused-ring (bicyclic) bond motifs is 3. The summed E-state index contributed by atoms with van der Waals surface area (Å²) in [7, 11) is 1.49. The van der Waals surface area contributed by atoms with E-state index in [9.17, 15) is 9.59 Å². The van der Waals surface area contributed by atoms with Gasteiger partial charge in [0.25, 0.3) is 0 Å². The Hall–Kier alpha value is -4.14. The maximum absolute atomic E-state index is 12.0. The van der Waals surface area contributed by atoms with Crippen LogP contribution in [0, 0.1) is 0 Å². The van der Waals surface area contributed by atoms with Gasteiger partial charge in [-0.2, -0.15) is 0 Å². The zero-order valence-electron chi connectivity index (χ0n) is 16.8. The number of carboxylic acids is 1. The lowest BCUT2D eigenvalue weighted by molar-refractivity contribution is -0.139. The Morgan fingerprint density at radius 3 is 2.71 bits per heavy atom. The molecule has 31 heavy (non-hydrogen) atoms. The van der Waals surface area contributed by atoms with E-state index in [1.165, 1.54) is 7.11 Å². The van der Waals surface area contributed by atoms with Gasteiger partial charge in [0.15, 0.2) is 12.2 Å². The van der Waals surface area contributed by atoms with Crippen LogP contribution in [0.15, 0.2) is 46.9 Å². The Balaban J connectivity index is 1.94. The molecular weight excluding hydrogens is 406 g/mol. The zero-order valence-corrected chi connectivity index (χ0v) is 16.8. The molecular formula is C22H19NO8. The molecule has 160 valence electrons. The molecule has 0 aliphatic carbocycles. The predicted molar refractivity (Wildman–Crippen MR) is 111 cm³/mol. The van der Waals surface area contributed by atoms with E-state index in [2.05, 4.69) is 4.98 Å². The summed E-state index contributed by atoms with van der Waals surface area (Å²) in [6.45, 7) is 1.24. The number of hydrogen-bond donors (Lipinski definition) is 2. The summed E-state index contributed by atoms with van der Waals surface area (Å²) in [5.74, 6) is -0.367. The molecule has 0 fully saturated rings. The lowest BCUT2D eigenvalue weighted by atomic mass is 10.1. The second-order valence-electron chi connectivity index (χ2n) is 6.46. The average molecular weight is 425 g/mol. The first-order chi connectivity index (χ1) is 15.0. The summed E-state index contributed by atoms with van der Waals surface area (Å²) < 4.78 is 27.0. The number of aromatic nitrogens is 1. The number of para-hydroxylation sites is 1. The Morgan fingerprint density at radius 2 is 1.97 bits per heavy atom. The van der Waals surface area contributed by atoms with Crippen molar-refractivity contribution in [2.75, 3.05) is 20.3 Å². The molecule has 9 heteroatoms. The van der Waals surface area contributed by atoms with Crippen molar-refractivity contribution in [1.29, 1.82) is 0 Å². The highest BCUT2D eigenvalue weighted by Gasteiger charge is 2.26. The summed E-state index contributed by atoms with van der Waals surface area (Å²) in [6.07, 6.45) is -0.890. The number of rotatable bonds is 7. The van der Waals surface area contributed by atoms with Gasteiger partial charge in [0.2, 0.25) is 5.88 Å². The third-order valence-electron chi connectivity index (χ3n) is 4.54. The van der Waals surface area contributed by atoms with Crippen molar-refractivity contribution in [3.8, 4) is 28.5 Å². The van der Waals surface area contributed by atoms with Gasteiger partial charge in [-0.25, -0.2) is 9.59 Å². The van der Waals surface area contributed by atoms with Crippen LogP contribution in [0.3, 0.4) is 0 Å². The smallest absolute Gasteiger partial charge is 0.497 e. The maximum atomic E-state index is 12.0. The molecule has 0 saturated heterocycles. The van der Waals surface area contributed by atoms with Crippen LogP contribution in [0.4, 0.5) is 4.79 Å². The minimum absolute atomic E-state index is 0.0864. The molecule has 2 aromatic carbocycles. The van der Waals surface area contributed by atoms with E-state index in [-0.39, 0.29) is 18.2 Å². The van der Waals surface area contributed by atoms with Gasteiger partial charge in [-0.1, -0.05) is 12.1 Å². The monoisotopic (exact) mass is 425 g/mol. The van der Waals surface area contributed by atoms with E-state index >= 15 is 0 Å². The van der Waals surface area contributed by atoms with Gasteiger partial charge < -0.3 is 33.5 Å². The van der Waals surface area contributed by atoms with Crippen LogP contribution in [0.2, 0.25) is 0 Å². The standard InChI is InChI=1S/C22H19NO8/c1-3-28-22(26)31-21-18(20-19(23-21)14-6-4-5-7-15(14)30-20)13-9-8-12(27-2)10-16(13)29-11-17(24)25/h4-10,23H,3,11H2,1-2H3,(H,24,25). The predicted octanol–water partition coefficient (Wildman–Crippen LogP) is 4.59. The average Bonchev–Trinajstić information content (AvgIpc) is 3.27. The highest BCUT2D eigenvalue weighted by atomic mass is 16.7. The molecule has 0 atom stereocenters. The number of ether oxygens (including phenoxy) is 4. The molecule has 0 spiro atoms. The maximum Gasteiger partial charge on any atom is 0.515 e. The minimum Gasteiger partial charge on any atom is -0.497 e. The Labute approximate surface area is 176 Å². The fourth-order valence-corrected chi connectivity index (χ4v) is 3.27. The fraction of sp³-hybridized carbons (Fsp3) is 0.182. The van der Waals surface area contributed by atoms with Crippen LogP contribution in [-0.4, -0.2) is 42.5 Å². The molecule has 4 aromatic rings. The van der Waals surface area contributed by atoms with Gasteiger partial charge in [0.05, 0.1) is 24.8 Å². The first-order valence-corrected chi connectivity index (χ1v) is 9.42. The van der Waals surface area contributed by atoms with Crippen molar-refractivity contribution in [3.05, 3.63) is 42.5 Å². The number of carboxylic acid groups (broad SMARTS) is 1. The van der Waals surface area contributed by atoms with E-state index in [4.69, 9.17) is 28.5 Å². The molecule has 0 saturated carbocycles. The van der Waals surface area contributed by atoms with Crippen LogP contribution in [0.5, 0.6) is 17.4 Å². The largest absolute Gasteiger partial charge is 0.515 e. The van der Waals surface area contributed by atoms with Crippen LogP contribution < -0.4 is 14.2 Å². The summed E-state index contributed by atoms with van der Waals surface area (Å²) in [5.41, 5.74) is 2.51. The topological polar surface area (TPSA) is 120 Å². The number of aliphatic carboxylic acids is 1. The van der Waals surface area contributed by atoms with Crippen molar-refractivity contribution in [2.45, 2.75) is 6.92 Å². The summed E-state index contributed by atoms with van der Waals surface area (Å²) in [6, 6.07) is 12.3. The number of carbonyl (C=O) groups excluding carboxylic acids is 1. The number of aromatic amines is 1. The molecule has 9 nitrogen and oxygen atoms in total. The molecule has 2 aromatic heterocycles. The summed E-state index contributed by atoms with van der Waals surface area (Å²) in [5, 5.41) is 9.85. The van der Waals surface area contributed by atoms with E-state index < -0.39 is 18.7 Å². The highest BCUT2D eigenvalue weighted by Crippen LogP contribution is 2.46. The number of H-pyrrole nitrogens is 1. The van der Waals surface area contributed by atoms with Gasteiger partial charge in [-0.15, -0.1) is 0 Å². The van der Waals surface area contributed by atoms with Crippen molar-refractivity contribution >= 4 is 34.2 Å². The molecule has 2 N–H and O–H groups in total. The Kier molecular flexibility index (Phi) is 5.40. The second-order valence-corrected chi connectivity index (χ2v) is 6.46. The molecule has 0 amide bonds. The molecule has 0 radical (unpaired) electrons.